The first-order valence-electron chi connectivity index (χ1n) is 5.34. The third-order valence-corrected chi connectivity index (χ3v) is 2.15. The van der Waals surface area contributed by atoms with E-state index >= 15 is 0 Å². The summed E-state index contributed by atoms with van der Waals surface area (Å²) in [6, 6.07) is 1.71. The zero-order chi connectivity index (χ0) is 11.1. The van der Waals surface area contributed by atoms with E-state index in [-0.39, 0.29) is 5.91 Å². The highest BCUT2D eigenvalue weighted by Crippen LogP contribution is 2.10. The largest absolute Gasteiger partial charge is 0.469 e. The molecule has 1 aromatic rings. The van der Waals surface area contributed by atoms with E-state index in [4.69, 9.17) is 4.42 Å². The van der Waals surface area contributed by atoms with Crippen LogP contribution in [0.1, 0.15) is 30.0 Å². The second kappa shape index (κ2) is 6.24. The molecule has 1 rings (SSSR count). The Morgan fingerprint density at radius 2 is 2.20 bits per heavy atom. The van der Waals surface area contributed by atoms with Crippen LogP contribution in [0.2, 0.25) is 0 Å². The monoisotopic (exact) mass is 210 g/mol. The lowest BCUT2D eigenvalue weighted by molar-refractivity contribution is 0.0952. The maximum absolute atomic E-state index is 11.6. The smallest absolute Gasteiger partial charge is 0.254 e. The van der Waals surface area contributed by atoms with Gasteiger partial charge in [-0.15, -0.1) is 0 Å². The molecule has 0 aromatic carbocycles. The van der Waals surface area contributed by atoms with Gasteiger partial charge in [-0.2, -0.15) is 0 Å². The maximum atomic E-state index is 11.6. The number of furan rings is 1. The molecule has 4 heteroatoms. The van der Waals surface area contributed by atoms with E-state index in [1.807, 2.05) is 13.8 Å². The van der Waals surface area contributed by atoms with Crippen LogP contribution < -0.4 is 10.6 Å². The van der Waals surface area contributed by atoms with Crippen LogP contribution in [0.3, 0.4) is 0 Å². The van der Waals surface area contributed by atoms with Crippen LogP contribution in [0.4, 0.5) is 0 Å². The molecule has 84 valence electrons. The summed E-state index contributed by atoms with van der Waals surface area (Å²) in [5, 5.41) is 5.97. The normalized spacial score (nSPS) is 10.3. The van der Waals surface area contributed by atoms with Crippen LogP contribution in [0.25, 0.3) is 0 Å². The number of hydrogen-bond donors (Lipinski definition) is 2. The van der Waals surface area contributed by atoms with Gasteiger partial charge in [0.1, 0.15) is 5.76 Å². The second-order valence-corrected chi connectivity index (χ2v) is 3.22. The summed E-state index contributed by atoms with van der Waals surface area (Å²) in [6.07, 6.45) is 2.29. The first-order chi connectivity index (χ1) is 7.29. The molecule has 0 bridgehead atoms. The minimum atomic E-state index is -0.0569. The molecule has 0 radical (unpaired) electrons. The summed E-state index contributed by atoms with van der Waals surface area (Å²) in [4.78, 5) is 11.6. The molecule has 15 heavy (non-hydrogen) atoms. The summed E-state index contributed by atoms with van der Waals surface area (Å²) in [5.74, 6) is 0.689. The average molecular weight is 210 g/mol. The fraction of sp³-hybridized carbons (Fsp3) is 0.545. The Balaban J connectivity index is 2.40. The van der Waals surface area contributed by atoms with Crippen molar-refractivity contribution in [2.75, 3.05) is 19.6 Å². The summed E-state index contributed by atoms with van der Waals surface area (Å²) in [6.45, 7) is 6.35. The molecule has 2 N–H and O–H groups in total. The Hall–Kier alpha value is -1.29. The van der Waals surface area contributed by atoms with Crippen molar-refractivity contribution in [3.05, 3.63) is 23.7 Å². The van der Waals surface area contributed by atoms with Crippen molar-refractivity contribution in [2.24, 2.45) is 0 Å². The molecular formula is C11H18N2O2. The van der Waals surface area contributed by atoms with E-state index in [1.165, 1.54) is 0 Å². The predicted molar refractivity (Wildman–Crippen MR) is 59.0 cm³/mol. The van der Waals surface area contributed by atoms with Crippen LogP contribution in [0.5, 0.6) is 0 Å². The van der Waals surface area contributed by atoms with Gasteiger partial charge in [-0.05, 0) is 12.6 Å². The van der Waals surface area contributed by atoms with Crippen LogP contribution in [-0.2, 0) is 6.42 Å². The van der Waals surface area contributed by atoms with Gasteiger partial charge >= 0.3 is 0 Å². The van der Waals surface area contributed by atoms with Crippen molar-refractivity contribution < 1.29 is 9.21 Å². The van der Waals surface area contributed by atoms with Gasteiger partial charge < -0.3 is 15.1 Å². The summed E-state index contributed by atoms with van der Waals surface area (Å²) >= 11 is 0. The van der Waals surface area contributed by atoms with Gasteiger partial charge in [-0.3, -0.25) is 4.79 Å². The molecule has 0 aliphatic heterocycles. The summed E-state index contributed by atoms with van der Waals surface area (Å²) < 4.78 is 5.19. The Morgan fingerprint density at radius 3 is 2.87 bits per heavy atom. The van der Waals surface area contributed by atoms with Gasteiger partial charge in [0, 0.05) is 19.5 Å². The van der Waals surface area contributed by atoms with Gasteiger partial charge in [-0.1, -0.05) is 13.8 Å². The zero-order valence-electron chi connectivity index (χ0n) is 9.30. The lowest BCUT2D eigenvalue weighted by Crippen LogP contribution is -2.31. The van der Waals surface area contributed by atoms with Crippen molar-refractivity contribution >= 4 is 5.91 Å². The van der Waals surface area contributed by atoms with Crippen LogP contribution in [0.15, 0.2) is 16.7 Å². The molecule has 0 spiro atoms. The Bertz CT molecular complexity index is 307. The number of rotatable bonds is 6. The maximum Gasteiger partial charge on any atom is 0.254 e. The van der Waals surface area contributed by atoms with E-state index in [0.717, 1.165) is 25.3 Å². The number of amides is 1. The molecule has 0 saturated heterocycles. The lowest BCUT2D eigenvalue weighted by atomic mass is 10.2. The SMILES string of the molecule is CCNCCNC(=O)c1ccoc1CC. The molecule has 0 unspecified atom stereocenters. The number of hydrogen-bond acceptors (Lipinski definition) is 3. The number of carbonyl (C=O) groups excluding carboxylic acids is 1. The highest BCUT2D eigenvalue weighted by atomic mass is 16.3. The standard InChI is InChI=1S/C11H18N2O2/c1-3-10-9(5-8-15-10)11(14)13-7-6-12-4-2/h5,8,12H,3-4,6-7H2,1-2H3,(H,13,14). The van der Waals surface area contributed by atoms with Crippen molar-refractivity contribution in [3.8, 4) is 0 Å². The molecule has 0 aliphatic rings. The first kappa shape index (κ1) is 11.8. The molecule has 1 amide bonds. The van der Waals surface area contributed by atoms with Gasteiger partial charge in [0.05, 0.1) is 11.8 Å². The lowest BCUT2D eigenvalue weighted by Gasteiger charge is -2.04. The highest BCUT2D eigenvalue weighted by Gasteiger charge is 2.11. The van der Waals surface area contributed by atoms with Crippen molar-refractivity contribution in [1.29, 1.82) is 0 Å². The highest BCUT2D eigenvalue weighted by molar-refractivity contribution is 5.95. The van der Waals surface area contributed by atoms with Crippen molar-refractivity contribution in [3.63, 3.8) is 0 Å². The van der Waals surface area contributed by atoms with Gasteiger partial charge in [0.2, 0.25) is 0 Å². The number of carbonyl (C=O) groups is 1. The Kier molecular flexibility index (Phi) is 4.90. The fourth-order valence-corrected chi connectivity index (χ4v) is 1.35. The molecule has 1 aromatic heterocycles. The summed E-state index contributed by atoms with van der Waals surface area (Å²) in [5.41, 5.74) is 0.647. The van der Waals surface area contributed by atoms with E-state index in [2.05, 4.69) is 10.6 Å². The van der Waals surface area contributed by atoms with E-state index < -0.39 is 0 Å². The van der Waals surface area contributed by atoms with Gasteiger partial charge in [0.25, 0.3) is 5.91 Å². The number of likely N-dealkylation sites (N-methyl/N-ethyl adjacent to an activating group) is 1. The van der Waals surface area contributed by atoms with Crippen LogP contribution in [0, 0.1) is 0 Å². The minimum Gasteiger partial charge on any atom is -0.469 e. The Morgan fingerprint density at radius 1 is 1.40 bits per heavy atom. The molecular weight excluding hydrogens is 192 g/mol. The molecule has 0 atom stereocenters. The molecule has 4 nitrogen and oxygen atoms in total. The minimum absolute atomic E-state index is 0.0569. The average Bonchev–Trinajstić information content (AvgIpc) is 2.72. The fourth-order valence-electron chi connectivity index (χ4n) is 1.35. The van der Waals surface area contributed by atoms with Gasteiger partial charge in [0.15, 0.2) is 0 Å². The van der Waals surface area contributed by atoms with Crippen molar-refractivity contribution in [2.45, 2.75) is 20.3 Å². The van der Waals surface area contributed by atoms with Gasteiger partial charge in [-0.25, -0.2) is 0 Å². The molecule has 0 aliphatic carbocycles. The zero-order valence-corrected chi connectivity index (χ0v) is 9.30. The van der Waals surface area contributed by atoms with E-state index in [0.29, 0.717) is 12.1 Å². The first-order valence-corrected chi connectivity index (χ1v) is 5.34. The van der Waals surface area contributed by atoms with Crippen LogP contribution >= 0.6 is 0 Å². The van der Waals surface area contributed by atoms with Crippen LogP contribution in [-0.4, -0.2) is 25.5 Å². The molecule has 0 fully saturated rings. The molecule has 1 heterocycles. The third-order valence-electron chi connectivity index (χ3n) is 2.15. The Labute approximate surface area is 90.0 Å². The number of nitrogens with one attached hydrogen (secondary N) is 2. The van der Waals surface area contributed by atoms with E-state index in [1.54, 1.807) is 12.3 Å². The topological polar surface area (TPSA) is 54.3 Å². The van der Waals surface area contributed by atoms with Crippen molar-refractivity contribution in [1.82, 2.24) is 10.6 Å². The quantitative estimate of drug-likeness (QED) is 0.693. The van der Waals surface area contributed by atoms with E-state index in [9.17, 15) is 4.79 Å². The molecule has 0 saturated carbocycles. The summed E-state index contributed by atoms with van der Waals surface area (Å²) in [7, 11) is 0. The number of aryl methyl sites for hydroxylation is 1. The predicted octanol–water partition coefficient (Wildman–Crippen LogP) is 1.18. The third kappa shape index (κ3) is 3.40. The second-order valence-electron chi connectivity index (χ2n) is 3.22.